The second kappa shape index (κ2) is 1.43. The van der Waals surface area contributed by atoms with Crippen LogP contribution in [0.15, 0.2) is 0 Å². The Kier molecular flexibility index (Phi) is 0.983. The summed E-state index contributed by atoms with van der Waals surface area (Å²) in [6, 6.07) is 0. The molecule has 0 aromatic heterocycles. The maximum absolute atomic E-state index is 10.2. The fraction of sp³-hybridized carbons (Fsp3) is 0. The van der Waals surface area contributed by atoms with Gasteiger partial charge in [-0.15, -0.1) is 0 Å². The third kappa shape index (κ3) is 0.958. The maximum Gasteiger partial charge on any atom is 0.302 e. The lowest BCUT2D eigenvalue weighted by atomic mass is 10.7. The molecule has 0 unspecified atom stereocenters. The predicted octanol–water partition coefficient (Wildman–Crippen LogP) is -1.89. The number of hydrogen-bond acceptors (Lipinski definition) is 3. The standard InChI is InChI=1S/C2H3N2O3S/c5-2-1-3-8(6,7)4-2/h1,3H,(H,4,5). The van der Waals surface area contributed by atoms with E-state index >= 15 is 0 Å². The molecule has 1 fully saturated rings. The predicted molar refractivity (Wildman–Crippen MR) is 24.5 cm³/mol. The van der Waals surface area contributed by atoms with E-state index in [4.69, 9.17) is 0 Å². The minimum Gasteiger partial charge on any atom is -0.272 e. The first-order chi connectivity index (χ1) is 3.60. The van der Waals surface area contributed by atoms with Gasteiger partial charge in [-0.05, 0) is 0 Å². The largest absolute Gasteiger partial charge is 0.302 e. The molecule has 1 heterocycles. The highest BCUT2D eigenvalue weighted by Crippen LogP contribution is 1.88. The Hall–Kier alpha value is -0.620. The summed E-state index contributed by atoms with van der Waals surface area (Å²) in [5.41, 5.74) is 0. The van der Waals surface area contributed by atoms with Crippen LogP contribution < -0.4 is 9.44 Å². The second-order valence-electron chi connectivity index (χ2n) is 1.23. The molecule has 1 aliphatic rings. The Morgan fingerprint density at radius 1 is 1.50 bits per heavy atom. The lowest BCUT2D eigenvalue weighted by Gasteiger charge is -1.85. The number of carbonyl (C=O) groups excluding carboxylic acids is 1. The van der Waals surface area contributed by atoms with Gasteiger partial charge in [0.05, 0.1) is 0 Å². The van der Waals surface area contributed by atoms with Crippen LogP contribution in [0.1, 0.15) is 0 Å². The van der Waals surface area contributed by atoms with Gasteiger partial charge >= 0.3 is 10.2 Å². The highest BCUT2D eigenvalue weighted by Gasteiger charge is 2.22. The first-order valence-electron chi connectivity index (χ1n) is 1.77. The number of hydrogen-bond donors (Lipinski definition) is 2. The van der Waals surface area contributed by atoms with Crippen LogP contribution in [0.5, 0.6) is 0 Å². The summed E-state index contributed by atoms with van der Waals surface area (Å²) < 4.78 is 23.8. The van der Waals surface area contributed by atoms with Crippen LogP contribution in [0.3, 0.4) is 0 Å². The Bertz CT molecular complexity index is 205. The fourth-order valence-electron chi connectivity index (χ4n) is 0.322. The minimum atomic E-state index is -3.50. The number of rotatable bonds is 0. The molecule has 0 aromatic carbocycles. The van der Waals surface area contributed by atoms with Crippen molar-refractivity contribution in [2.24, 2.45) is 0 Å². The van der Waals surface area contributed by atoms with E-state index in [0.717, 1.165) is 6.54 Å². The lowest BCUT2D eigenvalue weighted by molar-refractivity contribution is -0.115. The van der Waals surface area contributed by atoms with Gasteiger partial charge in [-0.25, -0.2) is 4.72 Å². The first-order valence-corrected chi connectivity index (χ1v) is 3.26. The van der Waals surface area contributed by atoms with Crippen LogP contribution in [-0.4, -0.2) is 14.3 Å². The highest BCUT2D eigenvalue weighted by atomic mass is 32.2. The minimum absolute atomic E-state index is 0.634. The molecule has 45 valence electrons. The van der Waals surface area contributed by atoms with Gasteiger partial charge in [0.15, 0.2) is 0 Å². The van der Waals surface area contributed by atoms with Gasteiger partial charge < -0.3 is 0 Å². The summed E-state index contributed by atoms with van der Waals surface area (Å²) in [4.78, 5) is 10.1. The van der Waals surface area contributed by atoms with Crippen LogP contribution >= 0.6 is 0 Å². The fourth-order valence-corrected chi connectivity index (χ4v) is 0.967. The zero-order valence-electron chi connectivity index (χ0n) is 3.71. The van der Waals surface area contributed by atoms with Gasteiger partial charge in [0.1, 0.15) is 6.54 Å². The smallest absolute Gasteiger partial charge is 0.272 e. The van der Waals surface area contributed by atoms with E-state index in [1.165, 1.54) is 0 Å². The average molecular weight is 135 g/mol. The molecule has 1 amide bonds. The zero-order chi connectivity index (χ0) is 6.20. The number of nitrogens with one attached hydrogen (secondary N) is 2. The molecule has 1 radical (unpaired) electrons. The summed E-state index contributed by atoms with van der Waals surface area (Å²) >= 11 is 0. The van der Waals surface area contributed by atoms with E-state index in [-0.39, 0.29) is 0 Å². The molecular formula is C2H3N2O3S. The quantitative estimate of drug-likeness (QED) is 0.408. The van der Waals surface area contributed by atoms with Crippen molar-refractivity contribution in [2.45, 2.75) is 0 Å². The van der Waals surface area contributed by atoms with E-state index in [1.807, 2.05) is 4.72 Å². The van der Waals surface area contributed by atoms with Crippen LogP contribution in [0.2, 0.25) is 0 Å². The Morgan fingerprint density at radius 2 is 2.12 bits per heavy atom. The summed E-state index contributed by atoms with van der Waals surface area (Å²) in [5, 5.41) is 0. The van der Waals surface area contributed by atoms with Gasteiger partial charge in [-0.1, -0.05) is 0 Å². The molecule has 1 rings (SSSR count). The normalized spacial score (nSPS) is 25.2. The molecule has 6 heteroatoms. The molecule has 8 heavy (non-hydrogen) atoms. The zero-order valence-corrected chi connectivity index (χ0v) is 4.53. The Labute approximate surface area is 46.3 Å². The highest BCUT2D eigenvalue weighted by molar-refractivity contribution is 7.88. The van der Waals surface area contributed by atoms with E-state index in [0.29, 0.717) is 0 Å². The van der Waals surface area contributed by atoms with Gasteiger partial charge in [0, 0.05) is 0 Å². The molecule has 1 aliphatic heterocycles. The average Bonchev–Trinajstić information content (AvgIpc) is 1.82. The van der Waals surface area contributed by atoms with Crippen molar-refractivity contribution in [3.8, 4) is 0 Å². The van der Waals surface area contributed by atoms with E-state index in [1.54, 1.807) is 4.72 Å². The number of carbonyl (C=O) groups is 1. The van der Waals surface area contributed by atoms with E-state index < -0.39 is 16.1 Å². The van der Waals surface area contributed by atoms with Crippen molar-refractivity contribution < 1.29 is 13.2 Å². The molecule has 0 atom stereocenters. The molecule has 1 saturated heterocycles. The third-order valence-electron chi connectivity index (χ3n) is 0.580. The van der Waals surface area contributed by atoms with E-state index in [9.17, 15) is 13.2 Å². The van der Waals surface area contributed by atoms with Crippen molar-refractivity contribution in [2.75, 3.05) is 0 Å². The summed E-state index contributed by atoms with van der Waals surface area (Å²) in [7, 11) is -3.50. The van der Waals surface area contributed by atoms with E-state index in [2.05, 4.69) is 0 Å². The molecule has 0 spiro atoms. The monoisotopic (exact) mass is 135 g/mol. The van der Waals surface area contributed by atoms with Crippen LogP contribution in [0, 0.1) is 6.54 Å². The van der Waals surface area contributed by atoms with Crippen LogP contribution in [0.25, 0.3) is 0 Å². The third-order valence-corrected chi connectivity index (χ3v) is 1.48. The van der Waals surface area contributed by atoms with Crippen LogP contribution in [0.4, 0.5) is 0 Å². The van der Waals surface area contributed by atoms with Crippen molar-refractivity contribution >= 4 is 16.1 Å². The first kappa shape index (κ1) is 5.52. The Balaban J connectivity index is 2.86. The Morgan fingerprint density at radius 3 is 2.25 bits per heavy atom. The molecule has 0 saturated carbocycles. The van der Waals surface area contributed by atoms with Crippen molar-refractivity contribution in [1.82, 2.24) is 9.44 Å². The van der Waals surface area contributed by atoms with Crippen molar-refractivity contribution in [3.05, 3.63) is 6.54 Å². The maximum atomic E-state index is 10.2. The molecule has 2 N–H and O–H groups in total. The summed E-state index contributed by atoms with van der Waals surface area (Å²) in [5.74, 6) is -0.634. The van der Waals surface area contributed by atoms with Crippen molar-refractivity contribution in [1.29, 1.82) is 0 Å². The topological polar surface area (TPSA) is 75.3 Å². The van der Waals surface area contributed by atoms with Gasteiger partial charge in [0.25, 0.3) is 5.91 Å². The van der Waals surface area contributed by atoms with Crippen molar-refractivity contribution in [3.63, 3.8) is 0 Å². The van der Waals surface area contributed by atoms with Gasteiger partial charge in [-0.2, -0.15) is 13.1 Å². The SMILES string of the molecule is O=C1[CH]NS(=O)(=O)N1. The molecular weight excluding hydrogens is 132 g/mol. The molecule has 0 aromatic rings. The molecule has 5 nitrogen and oxygen atoms in total. The second-order valence-corrected chi connectivity index (χ2v) is 2.68. The van der Waals surface area contributed by atoms with Gasteiger partial charge in [-0.3, -0.25) is 4.79 Å². The number of amides is 1. The molecule has 0 aliphatic carbocycles. The van der Waals surface area contributed by atoms with Gasteiger partial charge in [0.2, 0.25) is 0 Å². The van der Waals surface area contributed by atoms with Crippen LogP contribution in [-0.2, 0) is 15.0 Å². The summed E-state index contributed by atoms with van der Waals surface area (Å²) in [6.45, 7) is 0.843. The lowest BCUT2D eigenvalue weighted by Crippen LogP contribution is -2.24. The molecule has 0 bridgehead atoms. The summed E-state index contributed by atoms with van der Waals surface area (Å²) in [6.07, 6.45) is 0.